The van der Waals surface area contributed by atoms with Crippen LogP contribution >= 0.6 is 0 Å². The fourth-order valence-electron chi connectivity index (χ4n) is 3.39. The van der Waals surface area contributed by atoms with E-state index in [1.54, 1.807) is 42.7 Å². The second-order valence-electron chi connectivity index (χ2n) is 7.02. The van der Waals surface area contributed by atoms with Crippen molar-refractivity contribution < 1.29 is 23.5 Å². The number of hydrogen-bond donors (Lipinski definition) is 2. The standard InChI is InChI=1S/C21H23N3O5/c25-20(6-4-17-2-1-11-27-17)24-9-7-15(8-10-24)13-22-21(26)23-16-3-5-18-19(12-16)29-14-28-18/h1-6,11-12,15H,7-10,13-14H2,(H2,22,23,26)/b6-4+. The highest BCUT2D eigenvalue weighted by Crippen LogP contribution is 2.34. The number of ether oxygens (including phenoxy) is 2. The molecule has 1 aromatic heterocycles. The summed E-state index contributed by atoms with van der Waals surface area (Å²) in [5.41, 5.74) is 0.649. The highest BCUT2D eigenvalue weighted by atomic mass is 16.7. The average Bonchev–Trinajstić information content (AvgIpc) is 3.42. The molecule has 2 aliphatic heterocycles. The van der Waals surface area contributed by atoms with Crippen LogP contribution in [0.2, 0.25) is 0 Å². The van der Waals surface area contributed by atoms with Crippen molar-refractivity contribution in [2.75, 3.05) is 31.7 Å². The summed E-state index contributed by atoms with van der Waals surface area (Å²) in [5.74, 6) is 2.28. The average molecular weight is 397 g/mol. The van der Waals surface area contributed by atoms with Gasteiger partial charge in [-0.2, -0.15) is 0 Å². The number of carbonyl (C=O) groups is 2. The van der Waals surface area contributed by atoms with Crippen molar-refractivity contribution in [3.05, 3.63) is 48.4 Å². The molecule has 152 valence electrons. The number of nitrogens with zero attached hydrogens (tertiary/aromatic N) is 1. The first kappa shape index (κ1) is 18.9. The van der Waals surface area contributed by atoms with E-state index in [-0.39, 0.29) is 18.7 Å². The largest absolute Gasteiger partial charge is 0.465 e. The molecule has 2 aliphatic rings. The number of hydrogen-bond acceptors (Lipinski definition) is 5. The number of urea groups is 1. The predicted molar refractivity (Wildman–Crippen MR) is 107 cm³/mol. The van der Waals surface area contributed by atoms with Crippen LogP contribution < -0.4 is 20.1 Å². The maximum absolute atomic E-state index is 12.2. The van der Waals surface area contributed by atoms with Crippen LogP contribution in [-0.4, -0.2) is 43.3 Å². The van der Waals surface area contributed by atoms with Gasteiger partial charge in [-0.25, -0.2) is 4.79 Å². The van der Waals surface area contributed by atoms with Crippen LogP contribution in [0.25, 0.3) is 6.08 Å². The summed E-state index contributed by atoms with van der Waals surface area (Å²) >= 11 is 0. The Morgan fingerprint density at radius 1 is 1.14 bits per heavy atom. The van der Waals surface area contributed by atoms with Crippen LogP contribution in [0.5, 0.6) is 11.5 Å². The minimum Gasteiger partial charge on any atom is -0.465 e. The first-order valence-corrected chi connectivity index (χ1v) is 9.62. The van der Waals surface area contributed by atoms with Gasteiger partial charge in [-0.05, 0) is 49.1 Å². The molecule has 0 atom stereocenters. The molecule has 1 saturated heterocycles. The number of furan rings is 1. The number of rotatable bonds is 5. The van der Waals surface area contributed by atoms with Crippen molar-refractivity contribution in [1.82, 2.24) is 10.2 Å². The van der Waals surface area contributed by atoms with Gasteiger partial charge in [0.05, 0.1) is 6.26 Å². The lowest BCUT2D eigenvalue weighted by Gasteiger charge is -2.31. The second-order valence-corrected chi connectivity index (χ2v) is 7.02. The molecule has 3 amide bonds. The Balaban J connectivity index is 1.18. The van der Waals surface area contributed by atoms with E-state index >= 15 is 0 Å². The maximum Gasteiger partial charge on any atom is 0.319 e. The molecule has 4 rings (SSSR count). The highest BCUT2D eigenvalue weighted by molar-refractivity contribution is 5.91. The Morgan fingerprint density at radius 2 is 1.97 bits per heavy atom. The molecule has 8 nitrogen and oxygen atoms in total. The van der Waals surface area contributed by atoms with Crippen LogP contribution in [0.3, 0.4) is 0 Å². The number of benzene rings is 1. The summed E-state index contributed by atoms with van der Waals surface area (Å²) in [5, 5.41) is 5.70. The van der Waals surface area contributed by atoms with Gasteiger partial charge in [0.1, 0.15) is 5.76 Å². The first-order chi connectivity index (χ1) is 14.2. The molecule has 29 heavy (non-hydrogen) atoms. The summed E-state index contributed by atoms with van der Waals surface area (Å²) < 4.78 is 15.8. The van der Waals surface area contributed by atoms with E-state index in [0.717, 1.165) is 12.8 Å². The van der Waals surface area contributed by atoms with Gasteiger partial charge in [0.15, 0.2) is 11.5 Å². The van der Waals surface area contributed by atoms with Gasteiger partial charge >= 0.3 is 6.03 Å². The third-order valence-electron chi connectivity index (χ3n) is 5.04. The van der Waals surface area contributed by atoms with Crippen molar-refractivity contribution in [1.29, 1.82) is 0 Å². The van der Waals surface area contributed by atoms with E-state index in [0.29, 0.717) is 48.5 Å². The number of fused-ring (bicyclic) bond motifs is 1. The summed E-state index contributed by atoms with van der Waals surface area (Å²) in [4.78, 5) is 26.2. The Morgan fingerprint density at radius 3 is 2.76 bits per heavy atom. The molecule has 0 bridgehead atoms. The molecule has 3 heterocycles. The third kappa shape index (κ3) is 4.90. The lowest BCUT2D eigenvalue weighted by atomic mass is 9.97. The molecule has 2 aromatic rings. The molecule has 0 aliphatic carbocycles. The molecular formula is C21H23N3O5. The monoisotopic (exact) mass is 397 g/mol. The summed E-state index contributed by atoms with van der Waals surface area (Å²) in [6.07, 6.45) is 6.49. The predicted octanol–water partition coefficient (Wildman–Crippen LogP) is 3.08. The summed E-state index contributed by atoms with van der Waals surface area (Å²) in [6.45, 7) is 2.13. The third-order valence-corrected chi connectivity index (χ3v) is 5.04. The van der Waals surface area contributed by atoms with Gasteiger partial charge in [-0.3, -0.25) is 4.79 Å². The minimum absolute atomic E-state index is 0.0200. The lowest BCUT2D eigenvalue weighted by molar-refractivity contribution is -0.127. The molecule has 0 radical (unpaired) electrons. The van der Waals surface area contributed by atoms with Gasteiger partial charge < -0.3 is 29.4 Å². The molecular weight excluding hydrogens is 374 g/mol. The van der Waals surface area contributed by atoms with Gasteiger partial charge in [0.2, 0.25) is 12.7 Å². The minimum atomic E-state index is -0.260. The van der Waals surface area contributed by atoms with Crippen molar-refractivity contribution in [3.8, 4) is 11.5 Å². The molecule has 2 N–H and O–H groups in total. The number of amides is 3. The zero-order valence-corrected chi connectivity index (χ0v) is 15.9. The van der Waals surface area contributed by atoms with Crippen molar-refractivity contribution >= 4 is 23.7 Å². The topological polar surface area (TPSA) is 93.0 Å². The molecule has 8 heteroatoms. The number of likely N-dealkylation sites (tertiary alicyclic amines) is 1. The SMILES string of the molecule is O=C(NCC1CCN(C(=O)/C=C/c2ccco2)CC1)Nc1ccc2c(c1)OCO2. The molecule has 0 unspecified atom stereocenters. The highest BCUT2D eigenvalue weighted by Gasteiger charge is 2.22. The van der Waals surface area contributed by atoms with Crippen LogP contribution in [0, 0.1) is 5.92 Å². The van der Waals surface area contributed by atoms with Gasteiger partial charge in [-0.1, -0.05) is 0 Å². The summed E-state index contributed by atoms with van der Waals surface area (Å²) in [6, 6.07) is 8.60. The number of carbonyl (C=O) groups excluding carboxylic acids is 2. The van der Waals surface area contributed by atoms with Crippen molar-refractivity contribution in [2.45, 2.75) is 12.8 Å². The van der Waals surface area contributed by atoms with E-state index in [2.05, 4.69) is 10.6 Å². The van der Waals surface area contributed by atoms with Crippen LogP contribution in [-0.2, 0) is 4.79 Å². The maximum atomic E-state index is 12.2. The summed E-state index contributed by atoms with van der Waals surface area (Å²) in [7, 11) is 0. The van der Waals surface area contributed by atoms with Crippen molar-refractivity contribution in [2.24, 2.45) is 5.92 Å². The van der Waals surface area contributed by atoms with Gasteiger partial charge in [0.25, 0.3) is 0 Å². The van der Waals surface area contributed by atoms with Crippen LogP contribution in [0.4, 0.5) is 10.5 Å². The Hall–Kier alpha value is -3.42. The van der Waals surface area contributed by atoms with Gasteiger partial charge in [0, 0.05) is 37.5 Å². The van der Waals surface area contributed by atoms with E-state index in [1.165, 1.54) is 6.08 Å². The normalized spacial score (nSPS) is 16.2. The zero-order valence-electron chi connectivity index (χ0n) is 15.9. The van der Waals surface area contributed by atoms with E-state index < -0.39 is 0 Å². The molecule has 0 spiro atoms. The second kappa shape index (κ2) is 8.72. The lowest BCUT2D eigenvalue weighted by Crippen LogP contribution is -2.41. The first-order valence-electron chi connectivity index (χ1n) is 9.62. The molecule has 1 aromatic carbocycles. The Bertz CT molecular complexity index is 886. The Labute approximate surface area is 168 Å². The smallest absolute Gasteiger partial charge is 0.319 e. The fraction of sp³-hybridized carbons (Fsp3) is 0.333. The van der Waals surface area contributed by atoms with Crippen LogP contribution in [0.1, 0.15) is 18.6 Å². The number of anilines is 1. The van der Waals surface area contributed by atoms with E-state index in [1.807, 2.05) is 4.90 Å². The van der Waals surface area contributed by atoms with E-state index in [4.69, 9.17) is 13.9 Å². The van der Waals surface area contributed by atoms with Crippen LogP contribution in [0.15, 0.2) is 47.1 Å². The Kier molecular flexibility index (Phi) is 5.69. The van der Waals surface area contributed by atoms with E-state index in [9.17, 15) is 9.59 Å². The molecule has 1 fully saturated rings. The van der Waals surface area contributed by atoms with Crippen molar-refractivity contribution in [3.63, 3.8) is 0 Å². The number of piperidine rings is 1. The number of nitrogens with one attached hydrogen (secondary N) is 2. The van der Waals surface area contributed by atoms with Gasteiger partial charge in [-0.15, -0.1) is 0 Å². The quantitative estimate of drug-likeness (QED) is 0.757. The zero-order chi connectivity index (χ0) is 20.1. The fourth-order valence-corrected chi connectivity index (χ4v) is 3.39. The molecule has 0 saturated carbocycles.